The van der Waals surface area contributed by atoms with Gasteiger partial charge in [-0.25, -0.2) is 14.5 Å². The third kappa shape index (κ3) is 7.61. The number of aromatic amines is 1. The zero-order valence-electron chi connectivity index (χ0n) is 28.1. The highest BCUT2D eigenvalue weighted by molar-refractivity contribution is 6.33. The maximum Gasteiger partial charge on any atom is 0.437 e. The molecule has 2 aromatic heterocycles. The Morgan fingerprint density at radius 1 is 1.22 bits per heavy atom. The van der Waals surface area contributed by atoms with E-state index in [0.717, 1.165) is 5.56 Å². The zero-order chi connectivity index (χ0) is 36.3. The summed E-state index contributed by atoms with van der Waals surface area (Å²) in [7, 11) is 0. The van der Waals surface area contributed by atoms with Crippen LogP contribution in [0.25, 0.3) is 17.0 Å². The molecule has 4 aromatic rings. The number of amides is 2. The molecule has 0 saturated carbocycles. The predicted octanol–water partition coefficient (Wildman–Crippen LogP) is 6.71. The van der Waals surface area contributed by atoms with Gasteiger partial charge in [0.05, 0.1) is 23.9 Å². The fourth-order valence-corrected chi connectivity index (χ4v) is 6.78. The van der Waals surface area contributed by atoms with Crippen LogP contribution >= 0.6 is 11.6 Å². The average Bonchev–Trinajstić information content (AvgIpc) is 3.87. The maximum absolute atomic E-state index is 15.1. The van der Waals surface area contributed by atoms with Crippen LogP contribution in [0.4, 0.5) is 13.6 Å². The van der Waals surface area contributed by atoms with Gasteiger partial charge in [0.15, 0.2) is 5.82 Å². The lowest BCUT2D eigenvalue weighted by atomic mass is 9.70. The van der Waals surface area contributed by atoms with Crippen LogP contribution < -0.4 is 5.32 Å². The van der Waals surface area contributed by atoms with Crippen LogP contribution in [0, 0.1) is 11.3 Å². The zero-order valence-corrected chi connectivity index (χ0v) is 28.9. The highest BCUT2D eigenvalue weighted by Gasteiger charge is 2.57. The molecule has 0 bridgehead atoms. The van der Waals surface area contributed by atoms with Crippen LogP contribution in [0.3, 0.4) is 0 Å². The van der Waals surface area contributed by atoms with Crippen LogP contribution in [0.2, 0.25) is 5.02 Å². The number of aliphatic imine (C=N–C) groups is 1. The molecule has 266 valence electrons. The summed E-state index contributed by atoms with van der Waals surface area (Å²) in [5.41, 5.74) is 1.18. The number of rotatable bonds is 10. The molecule has 2 aromatic carbocycles. The molecule has 2 amide bonds. The number of halogens is 3. The lowest BCUT2D eigenvalue weighted by molar-refractivity contribution is -0.136. The summed E-state index contributed by atoms with van der Waals surface area (Å²) in [6.45, 7) is 2.64. The van der Waals surface area contributed by atoms with E-state index >= 15 is 4.79 Å². The molecule has 3 atom stereocenters. The van der Waals surface area contributed by atoms with E-state index in [2.05, 4.69) is 30.6 Å². The number of carbonyl (C=O) groups excluding carboxylic acids is 2. The van der Waals surface area contributed by atoms with Gasteiger partial charge in [0.25, 0.3) is 5.91 Å². The van der Waals surface area contributed by atoms with Crippen molar-refractivity contribution in [2.75, 3.05) is 6.61 Å². The number of alkyl halides is 2. The van der Waals surface area contributed by atoms with Gasteiger partial charge in [0.1, 0.15) is 18.5 Å². The number of hydrogen-bond donors (Lipinski definition) is 3. The lowest BCUT2D eigenvalue weighted by Gasteiger charge is -2.39. The highest BCUT2D eigenvalue weighted by Crippen LogP contribution is 2.44. The summed E-state index contributed by atoms with van der Waals surface area (Å²) in [5, 5.41) is 25.1. The van der Waals surface area contributed by atoms with E-state index in [1.165, 1.54) is 23.6 Å². The Hall–Kier alpha value is -5.21. The number of aliphatic hydroxyl groups excluding tert-OH is 1. The molecule has 0 spiro atoms. The van der Waals surface area contributed by atoms with Gasteiger partial charge in [-0.15, -0.1) is 4.99 Å². The smallest absolute Gasteiger partial charge is 0.437 e. The Kier molecular flexibility index (Phi) is 10.2. The van der Waals surface area contributed by atoms with Crippen molar-refractivity contribution in [1.29, 1.82) is 0 Å². The molecular weight excluding hydrogens is 682 g/mol. The number of nitrogens with zero attached hydrogens (tertiary/aromatic N) is 6. The van der Waals surface area contributed by atoms with Crippen LogP contribution in [-0.4, -0.2) is 65.1 Å². The fraction of sp³-hybridized carbons (Fsp3) is 0.333. The topological polar surface area (TPSA) is 151 Å². The molecule has 51 heavy (non-hydrogen) atoms. The molecule has 1 aliphatic heterocycles. The number of allylic oxidation sites excluding steroid dienone is 3. The molecule has 0 radical (unpaired) electrons. The third-order valence-corrected chi connectivity index (χ3v) is 9.10. The van der Waals surface area contributed by atoms with Gasteiger partial charge in [-0.3, -0.25) is 14.8 Å². The Labute approximate surface area is 297 Å². The van der Waals surface area contributed by atoms with Gasteiger partial charge >= 0.3 is 12.6 Å². The van der Waals surface area contributed by atoms with Crippen molar-refractivity contribution in [3.05, 3.63) is 107 Å². The van der Waals surface area contributed by atoms with Crippen molar-refractivity contribution in [1.82, 2.24) is 35.2 Å². The quantitative estimate of drug-likeness (QED) is 0.164. The Morgan fingerprint density at radius 2 is 2.00 bits per heavy atom. The normalized spacial score (nSPS) is 20.5. The minimum Gasteiger partial charge on any atom is -0.443 e. The molecule has 3 N–H and O–H groups in total. The van der Waals surface area contributed by atoms with Crippen molar-refractivity contribution in [3.63, 3.8) is 0 Å². The maximum atomic E-state index is 15.1. The largest absolute Gasteiger partial charge is 0.443 e. The number of ether oxygens (including phenoxy) is 1. The highest BCUT2D eigenvalue weighted by atomic mass is 35.5. The number of benzene rings is 2. The Morgan fingerprint density at radius 3 is 2.63 bits per heavy atom. The van der Waals surface area contributed by atoms with Crippen molar-refractivity contribution in [2.24, 2.45) is 16.3 Å². The monoisotopic (exact) mass is 718 g/mol. The van der Waals surface area contributed by atoms with Gasteiger partial charge in [-0.05, 0) is 47.1 Å². The van der Waals surface area contributed by atoms with E-state index in [1.807, 2.05) is 63.3 Å². The fourth-order valence-electron chi connectivity index (χ4n) is 6.57. The van der Waals surface area contributed by atoms with Gasteiger partial charge in [0, 0.05) is 23.2 Å². The van der Waals surface area contributed by atoms with Crippen molar-refractivity contribution in [3.8, 4) is 11.4 Å². The standard InChI is InChI=1S/C36H37ClF2N8O4/c1-35(2,3)20-36(26-12-9-23(10-13-26)25-16-42-46(17-25)32(38)39)31(49)47(33(44-36)43-34(50)51-19-22-7-5-4-6-8-22)29(18-48)24-11-14-28(37)27(15-24)30-40-21-41-45-30/h4-12,14-17,21,26,29,32,48H,13,18-20H2,1-3H3,(H,40,41,45)(H,43,44,50)/t26?,29-,36-/m1/s1. The molecule has 1 saturated heterocycles. The van der Waals surface area contributed by atoms with Crippen LogP contribution in [0.5, 0.6) is 0 Å². The summed E-state index contributed by atoms with van der Waals surface area (Å²) in [4.78, 5) is 38.1. The predicted molar refractivity (Wildman–Crippen MR) is 186 cm³/mol. The molecule has 1 unspecified atom stereocenters. The molecule has 12 nitrogen and oxygen atoms in total. The van der Waals surface area contributed by atoms with Crippen molar-refractivity contribution < 1.29 is 28.2 Å². The average molecular weight is 719 g/mol. The number of aromatic nitrogens is 5. The number of hydrogen-bond acceptors (Lipinski definition) is 7. The number of aliphatic hydroxyl groups is 1. The third-order valence-electron chi connectivity index (χ3n) is 8.77. The second-order valence-electron chi connectivity index (χ2n) is 13.6. The molecule has 1 fully saturated rings. The second kappa shape index (κ2) is 14.6. The number of H-pyrrole nitrogens is 1. The minimum atomic E-state index is -2.77. The van der Waals surface area contributed by atoms with Gasteiger partial charge < -0.3 is 15.2 Å². The summed E-state index contributed by atoms with van der Waals surface area (Å²) >= 11 is 6.52. The van der Waals surface area contributed by atoms with E-state index in [9.17, 15) is 18.7 Å². The number of nitrogens with one attached hydrogen (secondary N) is 2. The van der Waals surface area contributed by atoms with Crippen LogP contribution in [-0.2, 0) is 16.1 Å². The molecule has 1 aliphatic carbocycles. The SMILES string of the molecule is CC(C)(C)C[C@]1(C2C=CC(c3cnn(C(F)F)c3)=CC2)N/C(=N\C(=O)OCc2ccccc2)N([C@H](CO)c2ccc(Cl)c(-c3ncn[nH]3)c2)C1=O. The number of carbonyl (C=O) groups is 2. The van der Waals surface area contributed by atoms with Crippen LogP contribution in [0.15, 0.2) is 90.5 Å². The summed E-state index contributed by atoms with van der Waals surface area (Å²) in [5.74, 6) is -0.583. The Balaban J connectivity index is 1.40. The van der Waals surface area contributed by atoms with E-state index in [1.54, 1.807) is 24.3 Å². The number of guanidine groups is 1. The van der Waals surface area contributed by atoms with E-state index in [-0.39, 0.29) is 12.6 Å². The lowest BCUT2D eigenvalue weighted by Crippen LogP contribution is -2.55. The van der Waals surface area contributed by atoms with Gasteiger partial charge in [0.2, 0.25) is 5.96 Å². The second-order valence-corrected chi connectivity index (χ2v) is 14.0. The first-order valence-corrected chi connectivity index (χ1v) is 16.6. The van der Waals surface area contributed by atoms with Gasteiger partial charge in [-0.1, -0.05) is 87.0 Å². The molecular formula is C36H37ClF2N8O4. The van der Waals surface area contributed by atoms with Gasteiger partial charge in [-0.2, -0.15) is 19.0 Å². The first kappa shape index (κ1) is 35.6. The molecule has 3 heterocycles. The van der Waals surface area contributed by atoms with Crippen molar-refractivity contribution in [2.45, 2.75) is 58.3 Å². The van der Waals surface area contributed by atoms with E-state index < -0.39 is 48.1 Å². The van der Waals surface area contributed by atoms with Crippen molar-refractivity contribution >= 4 is 35.1 Å². The van der Waals surface area contributed by atoms with E-state index in [0.29, 0.717) is 50.6 Å². The molecule has 15 heteroatoms. The minimum absolute atomic E-state index is 0.0419. The molecule has 6 rings (SSSR count). The Bertz CT molecular complexity index is 1970. The summed E-state index contributed by atoms with van der Waals surface area (Å²) in [6, 6.07) is 13.1. The first-order valence-electron chi connectivity index (χ1n) is 16.3. The summed E-state index contributed by atoms with van der Waals surface area (Å²) < 4.78 is 32.5. The summed E-state index contributed by atoms with van der Waals surface area (Å²) in [6.07, 6.45) is 9.20. The van der Waals surface area contributed by atoms with Crippen LogP contribution in [0.1, 0.15) is 62.9 Å². The molecule has 2 aliphatic rings. The van der Waals surface area contributed by atoms with E-state index in [4.69, 9.17) is 16.3 Å². The first-order chi connectivity index (χ1) is 24.4.